The van der Waals surface area contributed by atoms with Crippen LogP contribution in [0, 0.1) is 5.82 Å². The molecule has 0 fully saturated rings. The van der Waals surface area contributed by atoms with Crippen molar-refractivity contribution in [1.82, 2.24) is 14.8 Å². The van der Waals surface area contributed by atoms with E-state index in [0.717, 1.165) is 17.0 Å². The van der Waals surface area contributed by atoms with Crippen molar-refractivity contribution >= 4 is 22.6 Å². The highest BCUT2D eigenvalue weighted by molar-refractivity contribution is 6.03. The molecule has 8 nitrogen and oxygen atoms in total. The SMILES string of the molecule is CCN(CC1Cn2c(=O)c(C(=O)NC)c(O)c3ccc(Cc4ccc(F)cc4)c(c32)O1)C(C)=NC. The maximum absolute atomic E-state index is 13.4. The van der Waals surface area contributed by atoms with E-state index < -0.39 is 17.6 Å². The fourth-order valence-electron chi connectivity index (χ4n) is 4.52. The summed E-state index contributed by atoms with van der Waals surface area (Å²) < 4.78 is 21.4. The van der Waals surface area contributed by atoms with Crippen LogP contribution in [-0.2, 0) is 13.0 Å². The summed E-state index contributed by atoms with van der Waals surface area (Å²) in [5, 5.41) is 13.7. The summed E-state index contributed by atoms with van der Waals surface area (Å²) in [6.07, 6.45) is 0.0358. The Morgan fingerprint density at radius 1 is 1.29 bits per heavy atom. The Hall–Kier alpha value is -3.88. The minimum Gasteiger partial charge on any atom is -0.506 e. The molecule has 1 unspecified atom stereocenters. The van der Waals surface area contributed by atoms with Gasteiger partial charge in [-0.05, 0) is 37.6 Å². The first-order valence-corrected chi connectivity index (χ1v) is 11.5. The largest absolute Gasteiger partial charge is 0.506 e. The second-order valence-corrected chi connectivity index (χ2v) is 8.52. The maximum atomic E-state index is 13.4. The number of benzene rings is 2. The summed E-state index contributed by atoms with van der Waals surface area (Å²) >= 11 is 0. The van der Waals surface area contributed by atoms with Crippen molar-refractivity contribution in [2.24, 2.45) is 4.99 Å². The molecule has 2 heterocycles. The summed E-state index contributed by atoms with van der Waals surface area (Å²) in [5.41, 5.74) is 1.23. The molecule has 0 saturated heterocycles. The lowest BCUT2D eigenvalue weighted by molar-refractivity contribution is 0.0956. The van der Waals surface area contributed by atoms with Crippen LogP contribution in [0.5, 0.6) is 11.5 Å². The van der Waals surface area contributed by atoms with Gasteiger partial charge in [-0.2, -0.15) is 0 Å². The Kier molecular flexibility index (Phi) is 6.77. The van der Waals surface area contributed by atoms with E-state index in [9.17, 15) is 19.1 Å². The van der Waals surface area contributed by atoms with Crippen LogP contribution in [0.15, 0.2) is 46.2 Å². The normalized spacial score (nSPS) is 15.1. The number of halogens is 1. The number of rotatable bonds is 6. The van der Waals surface area contributed by atoms with Gasteiger partial charge in [-0.1, -0.05) is 18.2 Å². The standard InChI is InChI=1S/C26H29FN4O4/c1-5-30(15(2)28-3)13-19-14-31-22-20(23(32)21(26(31)34)25(33)29-4)11-8-17(24(22)35-19)12-16-6-9-18(27)10-7-16/h6-11,19,32H,5,12-14H2,1-4H3,(H,29,33). The van der Waals surface area contributed by atoms with Crippen molar-refractivity contribution in [3.63, 3.8) is 0 Å². The molecule has 4 rings (SSSR count). The second-order valence-electron chi connectivity index (χ2n) is 8.52. The predicted molar refractivity (Wildman–Crippen MR) is 133 cm³/mol. The number of nitrogens with zero attached hydrogens (tertiary/aromatic N) is 3. The minimum atomic E-state index is -0.651. The first kappa shape index (κ1) is 24.3. The van der Waals surface area contributed by atoms with Crippen molar-refractivity contribution in [2.75, 3.05) is 27.2 Å². The molecule has 0 bridgehead atoms. The summed E-state index contributed by atoms with van der Waals surface area (Å²) in [6.45, 7) is 5.32. The molecule has 1 aliphatic rings. The average molecular weight is 481 g/mol. The molecular weight excluding hydrogens is 451 g/mol. The van der Waals surface area contributed by atoms with Gasteiger partial charge in [-0.3, -0.25) is 14.6 Å². The Morgan fingerprint density at radius 3 is 2.63 bits per heavy atom. The fraction of sp³-hybridized carbons (Fsp3) is 0.346. The van der Waals surface area contributed by atoms with Crippen LogP contribution in [0.4, 0.5) is 4.39 Å². The van der Waals surface area contributed by atoms with Crippen molar-refractivity contribution in [2.45, 2.75) is 32.9 Å². The zero-order valence-electron chi connectivity index (χ0n) is 20.3. The number of nitrogens with one attached hydrogen (secondary N) is 1. The van der Waals surface area contributed by atoms with Gasteiger partial charge in [-0.15, -0.1) is 0 Å². The number of aromatic hydroxyl groups is 1. The molecule has 1 amide bonds. The summed E-state index contributed by atoms with van der Waals surface area (Å²) in [4.78, 5) is 32.2. The van der Waals surface area contributed by atoms with Crippen LogP contribution in [0.2, 0.25) is 0 Å². The summed E-state index contributed by atoms with van der Waals surface area (Å²) in [6, 6.07) is 9.69. The highest BCUT2D eigenvalue weighted by Gasteiger charge is 2.31. The lowest BCUT2D eigenvalue weighted by Gasteiger charge is -2.33. The number of likely N-dealkylation sites (N-methyl/N-ethyl adjacent to an activating group) is 1. The smallest absolute Gasteiger partial charge is 0.267 e. The molecule has 2 aromatic carbocycles. The number of carbonyl (C=O) groups is 1. The molecule has 0 radical (unpaired) electrons. The molecule has 1 atom stereocenters. The quantitative estimate of drug-likeness (QED) is 0.418. The van der Waals surface area contributed by atoms with Crippen molar-refractivity contribution in [3.05, 3.63) is 69.3 Å². The fourth-order valence-corrected chi connectivity index (χ4v) is 4.52. The molecule has 184 valence electrons. The van der Waals surface area contributed by atoms with E-state index in [4.69, 9.17) is 4.74 Å². The third-order valence-corrected chi connectivity index (χ3v) is 6.45. The molecule has 1 aromatic heterocycles. The zero-order chi connectivity index (χ0) is 25.3. The van der Waals surface area contributed by atoms with Crippen LogP contribution >= 0.6 is 0 Å². The van der Waals surface area contributed by atoms with Crippen LogP contribution in [0.3, 0.4) is 0 Å². The molecule has 0 saturated carbocycles. The van der Waals surface area contributed by atoms with E-state index in [1.165, 1.54) is 23.7 Å². The minimum absolute atomic E-state index is 0.208. The van der Waals surface area contributed by atoms with E-state index in [2.05, 4.69) is 15.2 Å². The van der Waals surface area contributed by atoms with E-state index in [1.807, 2.05) is 19.9 Å². The molecular formula is C26H29FN4O4. The summed E-state index contributed by atoms with van der Waals surface area (Å²) in [7, 11) is 3.14. The number of amides is 1. The second kappa shape index (κ2) is 9.77. The highest BCUT2D eigenvalue weighted by Crippen LogP contribution is 2.39. The molecule has 2 N–H and O–H groups in total. The third kappa shape index (κ3) is 4.45. The first-order valence-electron chi connectivity index (χ1n) is 11.5. The average Bonchev–Trinajstić information content (AvgIpc) is 2.87. The lowest BCUT2D eigenvalue weighted by atomic mass is 9.99. The van der Waals surface area contributed by atoms with Gasteiger partial charge in [0.15, 0.2) is 0 Å². The van der Waals surface area contributed by atoms with Gasteiger partial charge in [0.2, 0.25) is 0 Å². The van der Waals surface area contributed by atoms with Crippen molar-refractivity contribution in [1.29, 1.82) is 0 Å². The van der Waals surface area contributed by atoms with Crippen LogP contribution in [-0.4, -0.2) is 59.6 Å². The molecule has 9 heteroatoms. The van der Waals surface area contributed by atoms with E-state index >= 15 is 0 Å². The van der Waals surface area contributed by atoms with Gasteiger partial charge < -0.3 is 24.6 Å². The summed E-state index contributed by atoms with van der Waals surface area (Å²) in [5.74, 6) is -0.0292. The number of hydrogen-bond acceptors (Lipinski definition) is 5. The van der Waals surface area contributed by atoms with E-state index in [-0.39, 0.29) is 23.7 Å². The van der Waals surface area contributed by atoms with E-state index in [1.54, 1.807) is 25.2 Å². The topological polar surface area (TPSA) is 96.2 Å². The van der Waals surface area contributed by atoms with Gasteiger partial charge in [0.25, 0.3) is 11.5 Å². The lowest BCUT2D eigenvalue weighted by Crippen LogP contribution is -2.45. The molecule has 0 aliphatic carbocycles. The predicted octanol–water partition coefficient (Wildman–Crippen LogP) is 2.93. The van der Waals surface area contributed by atoms with Crippen LogP contribution < -0.4 is 15.6 Å². The van der Waals surface area contributed by atoms with Crippen LogP contribution in [0.1, 0.15) is 35.3 Å². The highest BCUT2D eigenvalue weighted by atomic mass is 19.1. The monoisotopic (exact) mass is 480 g/mol. The number of aromatic nitrogens is 1. The maximum Gasteiger partial charge on any atom is 0.267 e. The van der Waals surface area contributed by atoms with Crippen LogP contribution in [0.25, 0.3) is 10.9 Å². The third-order valence-electron chi connectivity index (χ3n) is 6.45. The number of ether oxygens (including phenoxy) is 1. The van der Waals surface area contributed by atoms with Gasteiger partial charge in [0, 0.05) is 38.0 Å². The number of amidine groups is 1. The Labute approximate surface area is 202 Å². The number of carbonyl (C=O) groups excluding carboxylic acids is 1. The molecule has 1 aliphatic heterocycles. The molecule has 3 aromatic rings. The van der Waals surface area contributed by atoms with Gasteiger partial charge in [0.05, 0.1) is 24.4 Å². The first-order chi connectivity index (χ1) is 16.8. The Bertz CT molecular complexity index is 1360. The number of hydrogen-bond donors (Lipinski definition) is 2. The van der Waals surface area contributed by atoms with Gasteiger partial charge >= 0.3 is 0 Å². The Balaban J connectivity index is 1.89. The zero-order valence-corrected chi connectivity index (χ0v) is 20.3. The van der Waals surface area contributed by atoms with Gasteiger partial charge in [0.1, 0.15) is 29.0 Å². The van der Waals surface area contributed by atoms with Crippen molar-refractivity contribution in [3.8, 4) is 11.5 Å². The van der Waals surface area contributed by atoms with Crippen molar-refractivity contribution < 1.29 is 19.0 Å². The molecule has 35 heavy (non-hydrogen) atoms. The molecule has 0 spiro atoms. The Morgan fingerprint density at radius 2 is 2.00 bits per heavy atom. The van der Waals surface area contributed by atoms with Gasteiger partial charge in [-0.25, -0.2) is 4.39 Å². The van der Waals surface area contributed by atoms with E-state index in [0.29, 0.717) is 36.2 Å². The number of pyridine rings is 1. The number of aliphatic imine (C=N–C) groups is 1.